The van der Waals surface area contributed by atoms with Gasteiger partial charge in [-0.15, -0.1) is 0 Å². The number of halogens is 5. The van der Waals surface area contributed by atoms with Crippen molar-refractivity contribution < 1.29 is 22.4 Å². The fourth-order valence-electron chi connectivity index (χ4n) is 1.29. The van der Waals surface area contributed by atoms with Crippen molar-refractivity contribution in [3.8, 4) is 0 Å². The van der Waals surface area contributed by atoms with E-state index in [1.54, 1.807) is 0 Å². The summed E-state index contributed by atoms with van der Waals surface area (Å²) in [4.78, 5) is 11.5. The topological polar surface area (TPSA) is 29.1 Å². The maximum absolute atomic E-state index is 13.5. The number of rotatable bonds is 4. The predicted molar refractivity (Wildman–Crippen MR) is 67.2 cm³/mol. The molecule has 100 valence electrons. The van der Waals surface area contributed by atoms with E-state index in [4.69, 9.17) is 0 Å². The summed E-state index contributed by atoms with van der Waals surface area (Å²) < 4.78 is 51.6. The van der Waals surface area contributed by atoms with Crippen LogP contribution in [0.5, 0.6) is 0 Å². The average Bonchev–Trinajstić information content (AvgIpc) is 2.28. The van der Waals surface area contributed by atoms with Gasteiger partial charge in [-0.05, 0) is 18.6 Å². The smallest absolute Gasteiger partial charge is 0.352 e. The van der Waals surface area contributed by atoms with Crippen molar-refractivity contribution in [1.29, 1.82) is 0 Å². The maximum Gasteiger partial charge on any atom is 0.419 e. The molecule has 0 unspecified atom stereocenters. The SMILES string of the molecule is O=C(NCCCI)c1cccc(C(F)(F)F)c1F. The van der Waals surface area contributed by atoms with Crippen LogP contribution < -0.4 is 5.32 Å². The molecule has 0 aliphatic carbocycles. The van der Waals surface area contributed by atoms with E-state index in [2.05, 4.69) is 27.9 Å². The van der Waals surface area contributed by atoms with Gasteiger partial charge in [0, 0.05) is 11.0 Å². The number of hydrogen-bond donors (Lipinski definition) is 1. The summed E-state index contributed by atoms with van der Waals surface area (Å²) in [5, 5.41) is 2.37. The van der Waals surface area contributed by atoms with Crippen molar-refractivity contribution in [2.45, 2.75) is 12.6 Å². The largest absolute Gasteiger partial charge is 0.419 e. The third-order valence-corrected chi connectivity index (χ3v) is 2.91. The molecule has 0 aliphatic rings. The lowest BCUT2D eigenvalue weighted by atomic mass is 10.1. The minimum Gasteiger partial charge on any atom is -0.352 e. The summed E-state index contributed by atoms with van der Waals surface area (Å²) in [5.74, 6) is -2.36. The third kappa shape index (κ3) is 3.82. The molecule has 0 heterocycles. The number of carbonyl (C=O) groups excluding carboxylic acids is 1. The van der Waals surface area contributed by atoms with E-state index in [1.807, 2.05) is 0 Å². The first kappa shape index (κ1) is 15.2. The van der Waals surface area contributed by atoms with Crippen LogP contribution in [0.4, 0.5) is 17.6 Å². The Bertz CT molecular complexity index is 434. The van der Waals surface area contributed by atoms with Crippen LogP contribution in [0.2, 0.25) is 0 Å². The van der Waals surface area contributed by atoms with Gasteiger partial charge < -0.3 is 5.32 Å². The van der Waals surface area contributed by atoms with E-state index >= 15 is 0 Å². The van der Waals surface area contributed by atoms with E-state index in [-0.39, 0.29) is 0 Å². The van der Waals surface area contributed by atoms with Gasteiger partial charge in [0.15, 0.2) is 0 Å². The zero-order valence-corrected chi connectivity index (χ0v) is 11.3. The van der Waals surface area contributed by atoms with Crippen LogP contribution in [-0.4, -0.2) is 16.9 Å². The molecule has 1 amide bonds. The average molecular weight is 375 g/mol. The Hall–Kier alpha value is -0.860. The van der Waals surface area contributed by atoms with Gasteiger partial charge in [0.25, 0.3) is 5.91 Å². The lowest BCUT2D eigenvalue weighted by molar-refractivity contribution is -0.140. The molecule has 0 bridgehead atoms. The molecule has 1 N–H and O–H groups in total. The van der Waals surface area contributed by atoms with Crippen LogP contribution in [0.1, 0.15) is 22.3 Å². The molecule has 18 heavy (non-hydrogen) atoms. The lowest BCUT2D eigenvalue weighted by Crippen LogP contribution is -2.26. The van der Waals surface area contributed by atoms with E-state index < -0.39 is 29.0 Å². The van der Waals surface area contributed by atoms with E-state index in [1.165, 1.54) is 0 Å². The Morgan fingerprint density at radius 3 is 2.56 bits per heavy atom. The van der Waals surface area contributed by atoms with Crippen molar-refractivity contribution in [3.63, 3.8) is 0 Å². The van der Waals surface area contributed by atoms with Crippen LogP contribution in [0.25, 0.3) is 0 Å². The van der Waals surface area contributed by atoms with E-state index in [9.17, 15) is 22.4 Å². The van der Waals surface area contributed by atoms with Gasteiger partial charge in [0.2, 0.25) is 0 Å². The Labute approximate surface area is 115 Å². The fourth-order valence-corrected chi connectivity index (χ4v) is 1.67. The highest BCUT2D eigenvalue weighted by Crippen LogP contribution is 2.32. The highest BCUT2D eigenvalue weighted by atomic mass is 127. The second-order valence-electron chi connectivity index (χ2n) is 3.46. The number of amides is 1. The summed E-state index contributed by atoms with van der Waals surface area (Å²) in [6.45, 7) is 0.303. The van der Waals surface area contributed by atoms with Gasteiger partial charge >= 0.3 is 6.18 Å². The van der Waals surface area contributed by atoms with Gasteiger partial charge in [-0.3, -0.25) is 4.79 Å². The fraction of sp³-hybridized carbons (Fsp3) is 0.364. The summed E-state index contributed by atoms with van der Waals surface area (Å²) in [5.41, 5.74) is -2.01. The lowest BCUT2D eigenvalue weighted by Gasteiger charge is -2.11. The standard InChI is InChI=1S/C11H10F4INO/c12-9-7(10(18)17-6-2-5-16)3-1-4-8(9)11(13,14)15/h1,3-4H,2,5-6H2,(H,17,18). The van der Waals surface area contributed by atoms with Crippen molar-refractivity contribution in [2.75, 3.05) is 11.0 Å². The molecule has 0 saturated carbocycles. The quantitative estimate of drug-likeness (QED) is 0.372. The molecule has 0 saturated heterocycles. The number of alkyl halides is 4. The van der Waals surface area contributed by atoms with Crippen molar-refractivity contribution >= 4 is 28.5 Å². The van der Waals surface area contributed by atoms with Crippen LogP contribution in [0.3, 0.4) is 0 Å². The van der Waals surface area contributed by atoms with Crippen molar-refractivity contribution in [2.24, 2.45) is 0 Å². The summed E-state index contributed by atoms with van der Waals surface area (Å²) >= 11 is 2.10. The van der Waals surface area contributed by atoms with E-state index in [0.717, 1.165) is 16.6 Å². The van der Waals surface area contributed by atoms with Crippen molar-refractivity contribution in [3.05, 3.63) is 35.1 Å². The molecule has 7 heteroatoms. The second-order valence-corrected chi connectivity index (χ2v) is 4.54. The first-order chi connectivity index (χ1) is 8.38. The van der Waals surface area contributed by atoms with Crippen LogP contribution in [-0.2, 0) is 6.18 Å². The Morgan fingerprint density at radius 2 is 2.00 bits per heavy atom. The van der Waals surface area contributed by atoms with E-state index in [0.29, 0.717) is 19.0 Å². The summed E-state index contributed by atoms with van der Waals surface area (Å²) in [7, 11) is 0. The number of nitrogens with one attached hydrogen (secondary N) is 1. The Morgan fingerprint density at radius 1 is 1.33 bits per heavy atom. The second kappa shape index (κ2) is 6.35. The first-order valence-electron chi connectivity index (χ1n) is 5.07. The molecule has 0 atom stereocenters. The molecule has 1 rings (SSSR count). The number of benzene rings is 1. The van der Waals surface area contributed by atoms with Gasteiger partial charge in [-0.25, -0.2) is 4.39 Å². The van der Waals surface area contributed by atoms with Crippen LogP contribution >= 0.6 is 22.6 Å². The maximum atomic E-state index is 13.5. The molecule has 2 nitrogen and oxygen atoms in total. The van der Waals surface area contributed by atoms with Crippen LogP contribution in [0.15, 0.2) is 18.2 Å². The normalized spacial score (nSPS) is 11.4. The molecule has 0 radical (unpaired) electrons. The summed E-state index contributed by atoms with van der Waals surface area (Å²) in [6, 6.07) is 2.65. The van der Waals surface area contributed by atoms with Gasteiger partial charge in [0.1, 0.15) is 5.82 Å². The van der Waals surface area contributed by atoms with Gasteiger partial charge in [-0.1, -0.05) is 28.7 Å². The predicted octanol–water partition coefficient (Wildman–Crippen LogP) is 3.40. The summed E-state index contributed by atoms with van der Waals surface area (Å²) in [6.07, 6.45) is -4.13. The van der Waals surface area contributed by atoms with Gasteiger partial charge in [0.05, 0.1) is 11.1 Å². The molecule has 1 aromatic carbocycles. The monoisotopic (exact) mass is 375 g/mol. The molecular formula is C11H10F4INO. The molecule has 1 aromatic rings. The highest BCUT2D eigenvalue weighted by molar-refractivity contribution is 14.1. The zero-order chi connectivity index (χ0) is 13.8. The first-order valence-corrected chi connectivity index (χ1v) is 6.60. The number of carbonyl (C=O) groups is 1. The van der Waals surface area contributed by atoms with Gasteiger partial charge in [-0.2, -0.15) is 13.2 Å². The minimum atomic E-state index is -4.80. The molecule has 0 spiro atoms. The highest BCUT2D eigenvalue weighted by Gasteiger charge is 2.35. The third-order valence-electron chi connectivity index (χ3n) is 2.14. The molecule has 0 aromatic heterocycles. The minimum absolute atomic E-state index is 0.303. The molecular weight excluding hydrogens is 365 g/mol. The number of hydrogen-bond acceptors (Lipinski definition) is 1. The van der Waals surface area contributed by atoms with Crippen molar-refractivity contribution in [1.82, 2.24) is 5.32 Å². The Balaban J connectivity index is 2.93. The zero-order valence-electron chi connectivity index (χ0n) is 9.15. The molecule has 0 fully saturated rings. The van der Waals surface area contributed by atoms with Crippen LogP contribution in [0, 0.1) is 5.82 Å². The molecule has 0 aliphatic heterocycles. The Kier molecular flexibility index (Phi) is 5.36.